The molecule has 1 amide bonds. The average Bonchev–Trinajstić information content (AvgIpc) is 3.19. The second kappa shape index (κ2) is 7.66. The lowest BCUT2D eigenvalue weighted by Crippen LogP contribution is -2.42. The number of carbonyl (C=O) groups is 1. The van der Waals surface area contributed by atoms with Gasteiger partial charge in [-0.15, -0.1) is 0 Å². The normalized spacial score (nSPS) is 15.2. The van der Waals surface area contributed by atoms with Crippen LogP contribution in [0.15, 0.2) is 48.8 Å². The second-order valence-corrected chi connectivity index (χ2v) is 6.71. The Bertz CT molecular complexity index is 870. The molecular weight excluding hydrogens is 326 g/mol. The van der Waals surface area contributed by atoms with Gasteiger partial charge in [-0.05, 0) is 44.0 Å². The quantitative estimate of drug-likeness (QED) is 0.742. The molecule has 0 bridgehead atoms. The van der Waals surface area contributed by atoms with Crippen molar-refractivity contribution in [2.45, 2.75) is 19.3 Å². The van der Waals surface area contributed by atoms with Gasteiger partial charge in [0.05, 0.1) is 17.3 Å². The minimum atomic E-state index is 0.0714. The number of aromatic amines is 1. The molecule has 134 valence electrons. The molecule has 26 heavy (non-hydrogen) atoms. The molecule has 4 rings (SSSR count). The minimum Gasteiger partial charge on any atom is -0.317 e. The van der Waals surface area contributed by atoms with Crippen molar-refractivity contribution in [1.29, 1.82) is 0 Å². The monoisotopic (exact) mass is 349 g/mol. The smallest absolute Gasteiger partial charge is 0.230 e. The van der Waals surface area contributed by atoms with Crippen molar-refractivity contribution in [3.8, 4) is 0 Å². The molecule has 6 nitrogen and oxygen atoms in total. The first-order chi connectivity index (χ1) is 12.8. The van der Waals surface area contributed by atoms with Gasteiger partial charge >= 0.3 is 0 Å². The number of piperidine rings is 1. The first-order valence-electron chi connectivity index (χ1n) is 9.17. The van der Waals surface area contributed by atoms with Gasteiger partial charge in [0.15, 0.2) is 5.65 Å². The lowest BCUT2D eigenvalue weighted by Gasteiger charge is -2.30. The molecule has 6 heteroatoms. The fourth-order valence-corrected chi connectivity index (χ4v) is 3.60. The summed E-state index contributed by atoms with van der Waals surface area (Å²) < 4.78 is 0. The number of hydrogen-bond donors (Lipinski definition) is 2. The molecule has 0 unspecified atom stereocenters. The number of fused-ring (bicyclic) bond motifs is 1. The van der Waals surface area contributed by atoms with E-state index in [2.05, 4.69) is 32.6 Å². The summed E-state index contributed by atoms with van der Waals surface area (Å²) in [4.78, 5) is 19.6. The highest BCUT2D eigenvalue weighted by Crippen LogP contribution is 2.27. The van der Waals surface area contributed by atoms with Gasteiger partial charge in [-0.1, -0.05) is 30.3 Å². The molecule has 2 N–H and O–H groups in total. The molecule has 1 aromatic carbocycles. The van der Waals surface area contributed by atoms with E-state index in [-0.39, 0.29) is 11.8 Å². The topological polar surface area (TPSA) is 73.9 Å². The Balaban J connectivity index is 1.64. The van der Waals surface area contributed by atoms with Crippen LogP contribution >= 0.6 is 0 Å². The molecule has 1 aliphatic heterocycles. The van der Waals surface area contributed by atoms with Crippen LogP contribution in [0.1, 0.15) is 18.4 Å². The number of H-pyrrole nitrogens is 1. The van der Waals surface area contributed by atoms with Crippen LogP contribution in [0.2, 0.25) is 0 Å². The van der Waals surface area contributed by atoms with E-state index in [0.717, 1.165) is 43.4 Å². The fourth-order valence-electron chi connectivity index (χ4n) is 3.60. The zero-order chi connectivity index (χ0) is 17.8. The number of amides is 1. The van der Waals surface area contributed by atoms with Gasteiger partial charge in [0.1, 0.15) is 0 Å². The minimum absolute atomic E-state index is 0.0714. The van der Waals surface area contributed by atoms with E-state index >= 15 is 0 Å². The first-order valence-corrected chi connectivity index (χ1v) is 9.17. The maximum Gasteiger partial charge on any atom is 0.230 e. The number of benzene rings is 1. The number of hydrogen-bond acceptors (Lipinski definition) is 4. The SMILES string of the molecule is O=C(C1CCNCC1)N(CCc1ccccc1)c1ccnc2[nH]ncc12. The van der Waals surface area contributed by atoms with Crippen LogP contribution in [-0.2, 0) is 11.2 Å². The van der Waals surface area contributed by atoms with Gasteiger partial charge < -0.3 is 10.2 Å². The largest absolute Gasteiger partial charge is 0.317 e. The Labute approximate surface area is 152 Å². The van der Waals surface area contributed by atoms with E-state index in [0.29, 0.717) is 12.2 Å². The number of rotatable bonds is 5. The van der Waals surface area contributed by atoms with E-state index in [1.807, 2.05) is 29.2 Å². The van der Waals surface area contributed by atoms with Crippen molar-refractivity contribution < 1.29 is 4.79 Å². The van der Waals surface area contributed by atoms with Gasteiger partial charge in [0, 0.05) is 18.7 Å². The molecule has 1 aliphatic rings. The Kier molecular flexibility index (Phi) is 4.93. The second-order valence-electron chi connectivity index (χ2n) is 6.71. The number of pyridine rings is 1. The van der Waals surface area contributed by atoms with Crippen molar-refractivity contribution in [1.82, 2.24) is 20.5 Å². The number of nitrogens with zero attached hydrogens (tertiary/aromatic N) is 3. The Hall–Kier alpha value is -2.73. The van der Waals surface area contributed by atoms with E-state index in [1.165, 1.54) is 5.56 Å². The van der Waals surface area contributed by atoms with Crippen molar-refractivity contribution in [3.63, 3.8) is 0 Å². The summed E-state index contributed by atoms with van der Waals surface area (Å²) in [6.45, 7) is 2.46. The van der Waals surface area contributed by atoms with Crippen LogP contribution in [0, 0.1) is 5.92 Å². The van der Waals surface area contributed by atoms with Crippen molar-refractivity contribution in [3.05, 3.63) is 54.4 Å². The molecule has 0 atom stereocenters. The number of carbonyl (C=O) groups excluding carboxylic acids is 1. The van der Waals surface area contributed by atoms with Crippen molar-refractivity contribution in [2.75, 3.05) is 24.5 Å². The van der Waals surface area contributed by atoms with Gasteiger partial charge in [0.25, 0.3) is 0 Å². The van der Waals surface area contributed by atoms with Crippen LogP contribution in [0.4, 0.5) is 5.69 Å². The maximum absolute atomic E-state index is 13.3. The van der Waals surface area contributed by atoms with Crippen LogP contribution in [0.5, 0.6) is 0 Å². The lowest BCUT2D eigenvalue weighted by atomic mass is 9.96. The summed E-state index contributed by atoms with van der Waals surface area (Å²) >= 11 is 0. The van der Waals surface area contributed by atoms with Crippen LogP contribution < -0.4 is 10.2 Å². The molecule has 3 heterocycles. The molecule has 0 saturated carbocycles. The van der Waals surface area contributed by atoms with Gasteiger partial charge in [-0.2, -0.15) is 5.10 Å². The van der Waals surface area contributed by atoms with Crippen molar-refractivity contribution in [2.24, 2.45) is 5.92 Å². The third-order valence-electron chi connectivity index (χ3n) is 5.04. The van der Waals surface area contributed by atoms with Gasteiger partial charge in [0.2, 0.25) is 5.91 Å². The number of anilines is 1. The summed E-state index contributed by atoms with van der Waals surface area (Å²) in [7, 11) is 0. The molecule has 3 aromatic rings. The zero-order valence-electron chi connectivity index (χ0n) is 14.7. The van der Waals surface area contributed by atoms with Crippen LogP contribution in [0.25, 0.3) is 11.0 Å². The van der Waals surface area contributed by atoms with Crippen LogP contribution in [0.3, 0.4) is 0 Å². The summed E-state index contributed by atoms with van der Waals surface area (Å²) in [6.07, 6.45) is 6.09. The highest BCUT2D eigenvalue weighted by atomic mass is 16.2. The van der Waals surface area contributed by atoms with E-state index in [1.54, 1.807) is 12.4 Å². The molecule has 0 spiro atoms. The van der Waals surface area contributed by atoms with E-state index in [9.17, 15) is 4.79 Å². The molecule has 1 saturated heterocycles. The van der Waals surface area contributed by atoms with E-state index < -0.39 is 0 Å². The molecule has 1 fully saturated rings. The molecular formula is C20H23N5O. The Morgan fingerprint density at radius 1 is 1.15 bits per heavy atom. The molecule has 0 aliphatic carbocycles. The maximum atomic E-state index is 13.3. The highest BCUT2D eigenvalue weighted by molar-refractivity contribution is 6.02. The first kappa shape index (κ1) is 16.7. The van der Waals surface area contributed by atoms with Gasteiger partial charge in [-0.25, -0.2) is 4.98 Å². The Morgan fingerprint density at radius 3 is 2.77 bits per heavy atom. The predicted molar refractivity (Wildman–Crippen MR) is 102 cm³/mol. The summed E-state index contributed by atoms with van der Waals surface area (Å²) in [5.74, 6) is 0.276. The van der Waals surface area contributed by atoms with Crippen LogP contribution in [-0.4, -0.2) is 40.7 Å². The number of nitrogens with one attached hydrogen (secondary N) is 2. The summed E-state index contributed by atoms with van der Waals surface area (Å²) in [5, 5.41) is 11.2. The third kappa shape index (κ3) is 3.46. The Morgan fingerprint density at radius 2 is 1.96 bits per heavy atom. The fraction of sp³-hybridized carbons (Fsp3) is 0.350. The standard InChI is InChI=1S/C20H23N5O/c26-20(16-6-10-21-11-7-16)25(13-9-15-4-2-1-3-5-15)18-8-12-22-19-17(18)14-23-24-19/h1-5,8,12,14,16,21H,6-7,9-11,13H2,(H,22,23,24). The summed E-state index contributed by atoms with van der Waals surface area (Å²) in [5.41, 5.74) is 2.83. The average molecular weight is 349 g/mol. The predicted octanol–water partition coefficient (Wildman–Crippen LogP) is 2.53. The lowest BCUT2D eigenvalue weighted by molar-refractivity contribution is -0.123. The van der Waals surface area contributed by atoms with E-state index in [4.69, 9.17) is 0 Å². The zero-order valence-corrected chi connectivity index (χ0v) is 14.7. The number of aromatic nitrogens is 3. The molecule has 2 aromatic heterocycles. The third-order valence-corrected chi connectivity index (χ3v) is 5.04. The summed E-state index contributed by atoms with van der Waals surface area (Å²) in [6, 6.07) is 12.2. The van der Waals surface area contributed by atoms with Crippen molar-refractivity contribution >= 4 is 22.6 Å². The van der Waals surface area contributed by atoms with Gasteiger partial charge in [-0.3, -0.25) is 9.89 Å². The molecule has 0 radical (unpaired) electrons. The highest BCUT2D eigenvalue weighted by Gasteiger charge is 2.28.